The van der Waals surface area contributed by atoms with Crippen LogP contribution in [0.15, 0.2) is 0 Å². The highest BCUT2D eigenvalue weighted by Gasteiger charge is 2.15. The molecule has 0 saturated carbocycles. The van der Waals surface area contributed by atoms with E-state index in [9.17, 15) is 14.4 Å². The zero-order chi connectivity index (χ0) is 33.9. The summed E-state index contributed by atoms with van der Waals surface area (Å²) < 4.78 is 10.9. The van der Waals surface area contributed by atoms with Crippen molar-refractivity contribution in [1.29, 1.82) is 0 Å². The molecule has 7 heteroatoms. The van der Waals surface area contributed by atoms with E-state index in [2.05, 4.69) is 13.8 Å². The number of ether oxygens (including phenoxy) is 2. The van der Waals surface area contributed by atoms with E-state index < -0.39 is 0 Å². The maximum absolute atomic E-state index is 12.7. The Bertz CT molecular complexity index is 700. The largest absolute Gasteiger partial charge is 0.466 e. The fourth-order valence-electron chi connectivity index (χ4n) is 5.80. The van der Waals surface area contributed by atoms with E-state index in [1.165, 1.54) is 122 Å². The zero-order valence-electron chi connectivity index (χ0n) is 31.1. The van der Waals surface area contributed by atoms with Crippen LogP contribution >= 0.6 is 0 Å². The fourth-order valence-corrected chi connectivity index (χ4v) is 5.80. The van der Waals surface area contributed by atoms with Crippen LogP contribution in [0.4, 0.5) is 0 Å². The molecular formula is C39H76N2O5. The van der Waals surface area contributed by atoms with Crippen LogP contribution in [0, 0.1) is 0 Å². The van der Waals surface area contributed by atoms with Crippen LogP contribution in [-0.4, -0.2) is 74.6 Å². The molecule has 0 aliphatic heterocycles. The number of amides is 1. The third-order valence-electron chi connectivity index (χ3n) is 8.69. The maximum Gasteiger partial charge on any atom is 0.305 e. The molecule has 0 rings (SSSR count). The fraction of sp³-hybridized carbons (Fsp3) is 0.923. The van der Waals surface area contributed by atoms with Gasteiger partial charge in [0.2, 0.25) is 5.91 Å². The number of hydrogen-bond donors (Lipinski definition) is 0. The number of hydrogen-bond acceptors (Lipinski definition) is 6. The molecule has 0 atom stereocenters. The van der Waals surface area contributed by atoms with E-state index in [4.69, 9.17) is 9.47 Å². The lowest BCUT2D eigenvalue weighted by Gasteiger charge is -2.24. The van der Waals surface area contributed by atoms with Crippen molar-refractivity contribution in [1.82, 2.24) is 9.80 Å². The first kappa shape index (κ1) is 44.4. The lowest BCUT2D eigenvalue weighted by Crippen LogP contribution is -2.39. The van der Waals surface area contributed by atoms with Gasteiger partial charge in [-0.05, 0) is 39.8 Å². The molecule has 0 aliphatic rings. The van der Waals surface area contributed by atoms with Crippen LogP contribution in [0.25, 0.3) is 0 Å². The first-order valence-corrected chi connectivity index (χ1v) is 19.6. The van der Waals surface area contributed by atoms with E-state index in [-0.39, 0.29) is 17.8 Å². The smallest absolute Gasteiger partial charge is 0.305 e. The van der Waals surface area contributed by atoms with Gasteiger partial charge in [-0.2, -0.15) is 0 Å². The lowest BCUT2D eigenvalue weighted by molar-refractivity contribution is -0.144. The van der Waals surface area contributed by atoms with Gasteiger partial charge in [0.05, 0.1) is 19.8 Å². The molecule has 1 amide bonds. The molecule has 0 aromatic carbocycles. The normalized spacial score (nSPS) is 11.2. The molecule has 0 radical (unpaired) electrons. The highest BCUT2D eigenvalue weighted by Crippen LogP contribution is 2.14. The summed E-state index contributed by atoms with van der Waals surface area (Å²) in [4.78, 5) is 40.7. The summed E-state index contributed by atoms with van der Waals surface area (Å²) in [7, 11) is 3.76. The van der Waals surface area contributed by atoms with Crippen molar-refractivity contribution in [3.8, 4) is 0 Å². The van der Waals surface area contributed by atoms with Crippen molar-refractivity contribution in [2.45, 2.75) is 187 Å². The summed E-state index contributed by atoms with van der Waals surface area (Å²) in [6, 6.07) is 0. The summed E-state index contributed by atoms with van der Waals surface area (Å²) in [6.45, 7) is 6.57. The summed E-state index contributed by atoms with van der Waals surface area (Å²) >= 11 is 0. The van der Waals surface area contributed by atoms with Crippen LogP contribution < -0.4 is 0 Å². The molecule has 0 aromatic rings. The molecule has 0 saturated heterocycles. The Labute approximate surface area is 285 Å². The van der Waals surface area contributed by atoms with Gasteiger partial charge in [-0.1, -0.05) is 149 Å². The van der Waals surface area contributed by atoms with Gasteiger partial charge >= 0.3 is 11.9 Å². The standard InChI is InChI=1S/C39H76N2O5/c1-5-7-9-11-13-15-17-19-21-23-25-27-31-39(44)46-35-29-33-41(37(42)36-40(3)4)32-28-34-45-38(43)30-26-24-22-20-18-16-14-12-10-8-6-2/h5-36H2,1-4H3. The Morgan fingerprint density at radius 1 is 0.435 bits per heavy atom. The predicted octanol–water partition coefficient (Wildman–Crippen LogP) is 10.0. The Morgan fingerprint density at radius 3 is 1.04 bits per heavy atom. The Hall–Kier alpha value is -1.63. The van der Waals surface area contributed by atoms with Crippen molar-refractivity contribution in [3.05, 3.63) is 0 Å². The van der Waals surface area contributed by atoms with Gasteiger partial charge in [0.1, 0.15) is 0 Å². The lowest BCUT2D eigenvalue weighted by atomic mass is 10.0. The third kappa shape index (κ3) is 32.3. The van der Waals surface area contributed by atoms with E-state index in [0.717, 1.165) is 25.7 Å². The number of carbonyl (C=O) groups is 3. The quantitative estimate of drug-likeness (QED) is 0.0501. The number of rotatable bonds is 35. The highest BCUT2D eigenvalue weighted by atomic mass is 16.5. The minimum absolute atomic E-state index is 0.0418. The summed E-state index contributed by atoms with van der Waals surface area (Å²) in [6.07, 6.45) is 31.3. The zero-order valence-corrected chi connectivity index (χ0v) is 31.1. The maximum atomic E-state index is 12.7. The Morgan fingerprint density at radius 2 is 0.739 bits per heavy atom. The summed E-state index contributed by atoms with van der Waals surface area (Å²) in [5.41, 5.74) is 0. The third-order valence-corrected chi connectivity index (χ3v) is 8.69. The van der Waals surface area contributed by atoms with Crippen LogP contribution in [0.1, 0.15) is 187 Å². The number of likely N-dealkylation sites (N-methyl/N-ethyl adjacent to an activating group) is 1. The Kier molecular flexibility index (Phi) is 33.5. The second-order valence-electron chi connectivity index (χ2n) is 13.7. The van der Waals surface area contributed by atoms with Crippen molar-refractivity contribution in [2.75, 3.05) is 46.9 Å². The molecule has 0 heterocycles. The summed E-state index contributed by atoms with van der Waals surface area (Å²) in [5.74, 6) is -0.231. The SMILES string of the molecule is CCCCCCCCCCCCCCC(=O)OCCCN(CCCOC(=O)CCCCCCCCCCCCC)C(=O)CN(C)C. The van der Waals surface area contributed by atoms with Crippen LogP contribution in [0.3, 0.4) is 0 Å². The van der Waals surface area contributed by atoms with Crippen molar-refractivity contribution in [2.24, 2.45) is 0 Å². The van der Waals surface area contributed by atoms with Gasteiger partial charge in [0.15, 0.2) is 0 Å². The molecule has 46 heavy (non-hydrogen) atoms. The minimum Gasteiger partial charge on any atom is -0.466 e. The van der Waals surface area contributed by atoms with Crippen molar-refractivity contribution >= 4 is 17.8 Å². The number of unbranched alkanes of at least 4 members (excludes halogenated alkanes) is 21. The van der Waals surface area contributed by atoms with Gasteiger partial charge < -0.3 is 19.3 Å². The van der Waals surface area contributed by atoms with E-state index >= 15 is 0 Å². The minimum atomic E-state index is -0.137. The average Bonchev–Trinajstić information content (AvgIpc) is 3.03. The van der Waals surface area contributed by atoms with Crippen molar-refractivity contribution < 1.29 is 23.9 Å². The average molecular weight is 653 g/mol. The molecule has 0 aliphatic carbocycles. The second-order valence-corrected chi connectivity index (χ2v) is 13.7. The van der Waals surface area contributed by atoms with Gasteiger partial charge in [-0.25, -0.2) is 0 Å². The molecule has 0 N–H and O–H groups in total. The molecule has 0 spiro atoms. The number of esters is 2. The van der Waals surface area contributed by atoms with Crippen LogP contribution in [-0.2, 0) is 23.9 Å². The number of carbonyl (C=O) groups excluding carboxylic acids is 3. The van der Waals surface area contributed by atoms with Gasteiger partial charge in [0.25, 0.3) is 0 Å². The monoisotopic (exact) mass is 653 g/mol. The van der Waals surface area contributed by atoms with E-state index in [0.29, 0.717) is 58.5 Å². The Balaban J connectivity index is 3.90. The molecule has 0 bridgehead atoms. The predicted molar refractivity (Wildman–Crippen MR) is 193 cm³/mol. The molecule has 7 nitrogen and oxygen atoms in total. The highest BCUT2D eigenvalue weighted by molar-refractivity contribution is 5.78. The molecule has 0 aromatic heterocycles. The summed E-state index contributed by atoms with van der Waals surface area (Å²) in [5, 5.41) is 0. The van der Waals surface area contributed by atoms with Crippen molar-refractivity contribution in [3.63, 3.8) is 0 Å². The first-order chi connectivity index (χ1) is 22.4. The first-order valence-electron chi connectivity index (χ1n) is 19.6. The second kappa shape index (κ2) is 34.7. The molecular weight excluding hydrogens is 576 g/mol. The van der Waals surface area contributed by atoms with E-state index in [1.54, 1.807) is 4.90 Å². The topological polar surface area (TPSA) is 76.1 Å². The van der Waals surface area contributed by atoms with Gasteiger partial charge in [0, 0.05) is 25.9 Å². The van der Waals surface area contributed by atoms with Crippen LogP contribution in [0.2, 0.25) is 0 Å². The van der Waals surface area contributed by atoms with E-state index in [1.807, 2.05) is 19.0 Å². The molecule has 0 unspecified atom stereocenters. The van der Waals surface area contributed by atoms with Crippen LogP contribution in [0.5, 0.6) is 0 Å². The number of nitrogens with zero attached hydrogens (tertiary/aromatic N) is 2. The molecule has 272 valence electrons. The van der Waals surface area contributed by atoms with Gasteiger partial charge in [-0.15, -0.1) is 0 Å². The molecule has 0 fully saturated rings. The van der Waals surface area contributed by atoms with Gasteiger partial charge in [-0.3, -0.25) is 14.4 Å².